The second-order valence-electron chi connectivity index (χ2n) is 7.94. The minimum atomic E-state index is -0.223. The Hall–Kier alpha value is -2.69. The number of rotatable bonds is 6. The number of nitrogens with one attached hydrogen (secondary N) is 2. The highest BCUT2D eigenvalue weighted by atomic mass is 19.1. The molecule has 0 bridgehead atoms. The Morgan fingerprint density at radius 3 is 2.47 bits per heavy atom. The summed E-state index contributed by atoms with van der Waals surface area (Å²) in [6.07, 6.45) is 2.28. The summed E-state index contributed by atoms with van der Waals surface area (Å²) in [5.74, 6) is 0.639. The van der Waals surface area contributed by atoms with E-state index in [9.17, 15) is 4.39 Å². The highest BCUT2D eigenvalue weighted by molar-refractivity contribution is 5.66. The van der Waals surface area contributed by atoms with Crippen LogP contribution >= 0.6 is 0 Å². The lowest BCUT2D eigenvalue weighted by Gasteiger charge is -2.36. The summed E-state index contributed by atoms with van der Waals surface area (Å²) in [5.41, 5.74) is 4.47. The van der Waals surface area contributed by atoms with Crippen LogP contribution in [0, 0.1) is 5.82 Å². The van der Waals surface area contributed by atoms with Crippen LogP contribution in [0.25, 0.3) is 11.1 Å². The smallest absolute Gasteiger partial charge is 0.123 e. The maximum absolute atomic E-state index is 13.3. The van der Waals surface area contributed by atoms with E-state index in [1.54, 1.807) is 7.11 Å². The van der Waals surface area contributed by atoms with Crippen molar-refractivity contribution in [3.8, 4) is 16.9 Å². The largest absolute Gasteiger partial charge is 0.496 e. The van der Waals surface area contributed by atoms with E-state index in [4.69, 9.17) is 4.74 Å². The van der Waals surface area contributed by atoms with Crippen molar-refractivity contribution in [2.75, 3.05) is 13.7 Å². The van der Waals surface area contributed by atoms with Crippen molar-refractivity contribution in [2.24, 2.45) is 0 Å². The Morgan fingerprint density at radius 2 is 1.73 bits per heavy atom. The summed E-state index contributed by atoms with van der Waals surface area (Å²) in [6.45, 7) is 3.22. The quantitative estimate of drug-likeness (QED) is 0.557. The molecule has 3 aromatic rings. The molecule has 0 amide bonds. The summed E-state index contributed by atoms with van der Waals surface area (Å²) in [5, 5.41) is 7.53. The first-order chi connectivity index (χ1) is 14.7. The highest BCUT2D eigenvalue weighted by Gasteiger charge is 2.28. The SMILES string of the molecule is COc1ccc(-c2ccc(F)cc2)cc1[C@H](C)N[C@H]1CCCN[C@H]1c1ccccc1. The molecular formula is C26H29FN2O. The van der Waals surface area contributed by atoms with E-state index in [-0.39, 0.29) is 17.9 Å². The fourth-order valence-electron chi connectivity index (χ4n) is 4.38. The zero-order chi connectivity index (χ0) is 20.9. The van der Waals surface area contributed by atoms with Crippen LogP contribution in [-0.4, -0.2) is 19.7 Å². The van der Waals surface area contributed by atoms with Crippen LogP contribution in [0.4, 0.5) is 4.39 Å². The van der Waals surface area contributed by atoms with Crippen LogP contribution in [0.2, 0.25) is 0 Å². The Balaban J connectivity index is 1.59. The molecule has 30 heavy (non-hydrogen) atoms. The zero-order valence-corrected chi connectivity index (χ0v) is 17.6. The number of piperidine rings is 1. The van der Waals surface area contributed by atoms with Gasteiger partial charge in [-0.05, 0) is 67.3 Å². The molecule has 4 heteroatoms. The molecule has 0 saturated carbocycles. The van der Waals surface area contributed by atoms with Gasteiger partial charge in [0.1, 0.15) is 11.6 Å². The summed E-state index contributed by atoms with van der Waals surface area (Å²) >= 11 is 0. The monoisotopic (exact) mass is 404 g/mol. The van der Waals surface area contributed by atoms with Crippen LogP contribution in [0.5, 0.6) is 5.75 Å². The predicted molar refractivity (Wildman–Crippen MR) is 120 cm³/mol. The fraction of sp³-hybridized carbons (Fsp3) is 0.308. The van der Waals surface area contributed by atoms with Gasteiger partial charge in [-0.3, -0.25) is 0 Å². The minimum Gasteiger partial charge on any atom is -0.496 e. The van der Waals surface area contributed by atoms with Crippen LogP contribution < -0.4 is 15.4 Å². The van der Waals surface area contributed by atoms with Crippen LogP contribution in [0.3, 0.4) is 0 Å². The first-order valence-electron chi connectivity index (χ1n) is 10.6. The second kappa shape index (κ2) is 9.41. The van der Waals surface area contributed by atoms with E-state index >= 15 is 0 Å². The summed E-state index contributed by atoms with van der Waals surface area (Å²) in [7, 11) is 1.71. The second-order valence-corrected chi connectivity index (χ2v) is 7.94. The standard InChI is InChI=1S/C26H29FN2O/c1-18(29-24-9-6-16-28-26(24)20-7-4-3-5-8-20)23-17-21(12-15-25(23)30-2)19-10-13-22(27)14-11-19/h3-5,7-8,10-15,17-18,24,26,28-29H,6,9,16H2,1-2H3/t18-,24-,26-/m0/s1. The maximum Gasteiger partial charge on any atom is 0.123 e. The molecule has 1 aliphatic rings. The van der Waals surface area contributed by atoms with Gasteiger partial charge in [0.05, 0.1) is 7.11 Å². The maximum atomic E-state index is 13.3. The Labute approximate surface area is 178 Å². The summed E-state index contributed by atoms with van der Waals surface area (Å²) < 4.78 is 19.0. The van der Waals surface area contributed by atoms with Crippen molar-refractivity contribution < 1.29 is 9.13 Å². The van der Waals surface area contributed by atoms with Gasteiger partial charge in [0.25, 0.3) is 0 Å². The average molecular weight is 405 g/mol. The molecule has 3 nitrogen and oxygen atoms in total. The van der Waals surface area contributed by atoms with Crippen molar-refractivity contribution >= 4 is 0 Å². The van der Waals surface area contributed by atoms with Crippen molar-refractivity contribution in [1.82, 2.24) is 10.6 Å². The van der Waals surface area contributed by atoms with E-state index in [0.717, 1.165) is 41.8 Å². The topological polar surface area (TPSA) is 33.3 Å². The zero-order valence-electron chi connectivity index (χ0n) is 17.6. The molecule has 0 unspecified atom stereocenters. The third-order valence-electron chi connectivity index (χ3n) is 5.96. The lowest BCUT2D eigenvalue weighted by Crippen LogP contribution is -2.46. The number of benzene rings is 3. The Bertz CT molecular complexity index is 959. The van der Waals surface area contributed by atoms with E-state index in [1.165, 1.54) is 17.7 Å². The molecule has 3 aromatic carbocycles. The van der Waals surface area contributed by atoms with Crippen LogP contribution in [0.15, 0.2) is 72.8 Å². The van der Waals surface area contributed by atoms with E-state index in [1.807, 2.05) is 24.3 Å². The van der Waals surface area contributed by atoms with Crippen molar-refractivity contribution in [3.05, 3.63) is 89.7 Å². The molecule has 2 N–H and O–H groups in total. The first-order valence-corrected chi connectivity index (χ1v) is 10.6. The number of methoxy groups -OCH3 is 1. The van der Waals surface area contributed by atoms with Gasteiger partial charge in [-0.25, -0.2) is 4.39 Å². The molecule has 1 heterocycles. The molecule has 4 rings (SSSR count). The minimum absolute atomic E-state index is 0.108. The number of ether oxygens (including phenoxy) is 1. The van der Waals surface area contributed by atoms with Gasteiger partial charge >= 0.3 is 0 Å². The molecule has 0 spiro atoms. The van der Waals surface area contributed by atoms with Crippen molar-refractivity contribution in [3.63, 3.8) is 0 Å². The van der Waals surface area contributed by atoms with Crippen LogP contribution in [0.1, 0.15) is 43.0 Å². The highest BCUT2D eigenvalue weighted by Crippen LogP contribution is 2.33. The third kappa shape index (κ3) is 4.55. The molecule has 1 aliphatic heterocycles. The van der Waals surface area contributed by atoms with E-state index < -0.39 is 0 Å². The van der Waals surface area contributed by atoms with Gasteiger partial charge in [-0.1, -0.05) is 48.5 Å². The fourth-order valence-corrected chi connectivity index (χ4v) is 4.38. The Kier molecular flexibility index (Phi) is 6.46. The molecule has 1 saturated heterocycles. The molecule has 3 atom stereocenters. The predicted octanol–water partition coefficient (Wildman–Crippen LogP) is 5.65. The van der Waals surface area contributed by atoms with Gasteiger partial charge in [0.2, 0.25) is 0 Å². The van der Waals surface area contributed by atoms with E-state index in [2.05, 4.69) is 54.0 Å². The van der Waals surface area contributed by atoms with Gasteiger partial charge < -0.3 is 15.4 Å². The normalized spacial score (nSPS) is 20.0. The lowest BCUT2D eigenvalue weighted by atomic mass is 9.90. The number of hydrogen-bond acceptors (Lipinski definition) is 3. The molecule has 1 fully saturated rings. The van der Waals surface area contributed by atoms with Crippen LogP contribution in [-0.2, 0) is 0 Å². The van der Waals surface area contributed by atoms with Gasteiger partial charge in [-0.15, -0.1) is 0 Å². The van der Waals surface area contributed by atoms with Gasteiger partial charge in [-0.2, -0.15) is 0 Å². The first kappa shape index (κ1) is 20.6. The summed E-state index contributed by atoms with van der Waals surface area (Å²) in [4.78, 5) is 0. The summed E-state index contributed by atoms with van der Waals surface area (Å²) in [6, 6.07) is 24.2. The van der Waals surface area contributed by atoms with Gasteiger partial charge in [0.15, 0.2) is 0 Å². The average Bonchev–Trinajstić information content (AvgIpc) is 2.80. The van der Waals surface area contributed by atoms with Crippen molar-refractivity contribution in [2.45, 2.75) is 37.9 Å². The molecular weight excluding hydrogens is 375 g/mol. The van der Waals surface area contributed by atoms with E-state index in [0.29, 0.717) is 6.04 Å². The number of hydrogen-bond donors (Lipinski definition) is 2. The van der Waals surface area contributed by atoms with Gasteiger partial charge in [0, 0.05) is 23.7 Å². The molecule has 0 aliphatic carbocycles. The molecule has 156 valence electrons. The third-order valence-corrected chi connectivity index (χ3v) is 5.96. The molecule has 0 aromatic heterocycles. The molecule has 0 radical (unpaired) electrons. The van der Waals surface area contributed by atoms with Crippen molar-refractivity contribution in [1.29, 1.82) is 0 Å². The number of halogens is 1. The lowest BCUT2D eigenvalue weighted by molar-refractivity contribution is 0.284. The Morgan fingerprint density at radius 1 is 1.00 bits per heavy atom.